The summed E-state index contributed by atoms with van der Waals surface area (Å²) in [5.74, 6) is -1.18. The molecule has 166 valence electrons. The van der Waals surface area contributed by atoms with Crippen LogP contribution in [0.2, 0.25) is 5.02 Å². The van der Waals surface area contributed by atoms with Gasteiger partial charge in [-0.05, 0) is 30.7 Å². The molecular formula is C24H22ClNO6. The number of hydrogen-bond donors (Lipinski definition) is 1. The monoisotopic (exact) mass is 455 g/mol. The molecule has 32 heavy (non-hydrogen) atoms. The smallest absolute Gasteiger partial charge is 0.374 e. The Kier molecular flexibility index (Phi) is 7.68. The molecule has 0 saturated heterocycles. The van der Waals surface area contributed by atoms with Gasteiger partial charge in [0.2, 0.25) is 5.76 Å². The van der Waals surface area contributed by atoms with Crippen LogP contribution in [0.1, 0.15) is 50.3 Å². The predicted molar refractivity (Wildman–Crippen MR) is 117 cm³/mol. The summed E-state index contributed by atoms with van der Waals surface area (Å²) >= 11 is 6.12. The minimum absolute atomic E-state index is 0.0627. The van der Waals surface area contributed by atoms with Crippen LogP contribution >= 0.6 is 11.6 Å². The molecule has 0 saturated carbocycles. The first-order valence-electron chi connectivity index (χ1n) is 9.82. The molecule has 0 spiro atoms. The molecule has 1 unspecified atom stereocenters. The zero-order valence-electron chi connectivity index (χ0n) is 17.6. The quantitative estimate of drug-likeness (QED) is 0.497. The summed E-state index contributed by atoms with van der Waals surface area (Å²) in [5.41, 5.74) is 1.63. The Morgan fingerprint density at radius 1 is 1.06 bits per heavy atom. The van der Waals surface area contributed by atoms with E-state index in [1.54, 1.807) is 37.3 Å². The maximum atomic E-state index is 12.7. The lowest BCUT2D eigenvalue weighted by Gasteiger charge is -2.19. The number of ether oxygens (including phenoxy) is 2. The van der Waals surface area contributed by atoms with Crippen molar-refractivity contribution >= 4 is 29.4 Å². The molecule has 0 fully saturated rings. The molecule has 3 rings (SSSR count). The third kappa shape index (κ3) is 5.76. The molecule has 1 heterocycles. The van der Waals surface area contributed by atoms with E-state index in [1.165, 1.54) is 7.11 Å². The van der Waals surface area contributed by atoms with Crippen molar-refractivity contribution in [3.8, 4) is 0 Å². The number of rotatable bonds is 8. The number of nitrogens with one attached hydrogen (secondary N) is 1. The van der Waals surface area contributed by atoms with Crippen LogP contribution in [0.3, 0.4) is 0 Å². The van der Waals surface area contributed by atoms with E-state index in [4.69, 9.17) is 20.8 Å². The molecule has 0 aliphatic rings. The Morgan fingerprint density at radius 2 is 1.75 bits per heavy atom. The fourth-order valence-corrected chi connectivity index (χ4v) is 3.33. The van der Waals surface area contributed by atoms with Gasteiger partial charge in [-0.25, -0.2) is 4.79 Å². The van der Waals surface area contributed by atoms with Crippen molar-refractivity contribution in [2.75, 3.05) is 7.11 Å². The third-order valence-electron chi connectivity index (χ3n) is 4.71. The number of benzene rings is 2. The fourth-order valence-electron chi connectivity index (χ4n) is 3.11. The SMILES string of the molecule is COC(=O)c1oc(COC(=O)CC(NC(=O)c2ccccc2Cl)c2ccccc2)cc1C. The second-order valence-electron chi connectivity index (χ2n) is 7.00. The first kappa shape index (κ1) is 23.1. The molecule has 8 heteroatoms. The van der Waals surface area contributed by atoms with Crippen molar-refractivity contribution in [3.63, 3.8) is 0 Å². The average Bonchev–Trinajstić information content (AvgIpc) is 3.18. The van der Waals surface area contributed by atoms with E-state index < -0.39 is 23.9 Å². The van der Waals surface area contributed by atoms with Crippen molar-refractivity contribution < 1.29 is 28.3 Å². The number of furan rings is 1. The molecule has 0 radical (unpaired) electrons. The van der Waals surface area contributed by atoms with Gasteiger partial charge in [-0.3, -0.25) is 9.59 Å². The number of methoxy groups -OCH3 is 1. The number of carbonyl (C=O) groups is 3. The molecule has 2 aromatic carbocycles. The van der Waals surface area contributed by atoms with Crippen LogP contribution in [0.15, 0.2) is 65.1 Å². The average molecular weight is 456 g/mol. The summed E-state index contributed by atoms with van der Waals surface area (Å²) in [6.07, 6.45) is -0.107. The van der Waals surface area contributed by atoms with Gasteiger partial charge < -0.3 is 19.2 Å². The molecular weight excluding hydrogens is 434 g/mol. The number of esters is 2. The maximum absolute atomic E-state index is 12.7. The molecule has 7 nitrogen and oxygen atoms in total. The largest absolute Gasteiger partial charge is 0.463 e. The number of halogens is 1. The maximum Gasteiger partial charge on any atom is 0.374 e. The van der Waals surface area contributed by atoms with Crippen molar-refractivity contribution in [2.24, 2.45) is 0 Å². The van der Waals surface area contributed by atoms with Crippen molar-refractivity contribution in [1.82, 2.24) is 5.32 Å². The summed E-state index contributed by atoms with van der Waals surface area (Å²) in [6.45, 7) is 1.54. The van der Waals surface area contributed by atoms with E-state index >= 15 is 0 Å². The van der Waals surface area contributed by atoms with Gasteiger partial charge in [0, 0.05) is 5.56 Å². The van der Waals surface area contributed by atoms with Crippen LogP contribution in [0, 0.1) is 6.92 Å². The highest BCUT2D eigenvalue weighted by Gasteiger charge is 2.22. The minimum atomic E-state index is -0.628. The number of hydrogen-bond acceptors (Lipinski definition) is 6. The summed E-state index contributed by atoms with van der Waals surface area (Å²) in [4.78, 5) is 36.9. The second-order valence-corrected chi connectivity index (χ2v) is 7.41. The van der Waals surface area contributed by atoms with Crippen LogP contribution in [0.5, 0.6) is 0 Å². The van der Waals surface area contributed by atoms with Crippen LogP contribution < -0.4 is 5.32 Å². The summed E-state index contributed by atoms with van der Waals surface area (Å²) in [7, 11) is 1.25. The van der Waals surface area contributed by atoms with Gasteiger partial charge in [-0.1, -0.05) is 54.1 Å². The summed E-state index contributed by atoms with van der Waals surface area (Å²) < 4.78 is 15.4. The van der Waals surface area contributed by atoms with Gasteiger partial charge in [-0.15, -0.1) is 0 Å². The standard InChI is InChI=1S/C24H22ClNO6/c1-15-12-17(32-22(15)24(29)30-2)14-31-21(27)13-20(16-8-4-3-5-9-16)26-23(28)18-10-6-7-11-19(18)25/h3-12,20H,13-14H2,1-2H3,(H,26,28). The molecule has 3 aromatic rings. The predicted octanol–water partition coefficient (Wildman–Crippen LogP) is 4.63. The zero-order chi connectivity index (χ0) is 23.1. The topological polar surface area (TPSA) is 94.8 Å². The number of carbonyl (C=O) groups excluding carboxylic acids is 3. The highest BCUT2D eigenvalue weighted by Crippen LogP contribution is 2.22. The first-order chi connectivity index (χ1) is 15.4. The number of aryl methyl sites for hydroxylation is 1. The highest BCUT2D eigenvalue weighted by atomic mass is 35.5. The van der Waals surface area contributed by atoms with Crippen molar-refractivity contribution in [1.29, 1.82) is 0 Å². The van der Waals surface area contributed by atoms with Crippen LogP contribution in [-0.2, 0) is 20.9 Å². The lowest BCUT2D eigenvalue weighted by atomic mass is 10.0. The van der Waals surface area contributed by atoms with Gasteiger partial charge in [0.1, 0.15) is 12.4 Å². The summed E-state index contributed by atoms with van der Waals surface area (Å²) in [5, 5.41) is 3.16. The fraction of sp³-hybridized carbons (Fsp3) is 0.208. The van der Waals surface area contributed by atoms with Crippen molar-refractivity contribution in [3.05, 3.63) is 93.9 Å². The van der Waals surface area contributed by atoms with E-state index in [-0.39, 0.29) is 18.8 Å². The minimum Gasteiger partial charge on any atom is -0.463 e. The Morgan fingerprint density at radius 3 is 2.44 bits per heavy atom. The second kappa shape index (κ2) is 10.6. The van der Waals surface area contributed by atoms with Crippen LogP contribution in [0.4, 0.5) is 0 Å². The Labute approximate surface area is 190 Å². The van der Waals surface area contributed by atoms with Gasteiger partial charge in [0.25, 0.3) is 5.91 Å². The Bertz CT molecular complexity index is 1110. The zero-order valence-corrected chi connectivity index (χ0v) is 18.3. The van der Waals surface area contributed by atoms with E-state index in [9.17, 15) is 14.4 Å². The third-order valence-corrected chi connectivity index (χ3v) is 5.04. The van der Waals surface area contributed by atoms with E-state index in [1.807, 2.05) is 30.3 Å². The molecule has 0 aliphatic carbocycles. The van der Waals surface area contributed by atoms with Gasteiger partial charge in [0.15, 0.2) is 0 Å². The lowest BCUT2D eigenvalue weighted by Crippen LogP contribution is -2.30. The lowest BCUT2D eigenvalue weighted by molar-refractivity contribution is -0.146. The molecule has 1 aromatic heterocycles. The van der Waals surface area contributed by atoms with Crippen molar-refractivity contribution in [2.45, 2.75) is 26.0 Å². The highest BCUT2D eigenvalue weighted by molar-refractivity contribution is 6.33. The van der Waals surface area contributed by atoms with Crippen LogP contribution in [-0.4, -0.2) is 25.0 Å². The normalized spacial score (nSPS) is 11.5. The van der Waals surface area contributed by atoms with E-state index in [0.29, 0.717) is 21.9 Å². The van der Waals surface area contributed by atoms with Gasteiger partial charge in [-0.2, -0.15) is 0 Å². The molecule has 1 atom stereocenters. The Balaban J connectivity index is 1.68. The molecule has 1 N–H and O–H groups in total. The van der Waals surface area contributed by atoms with E-state index in [2.05, 4.69) is 10.1 Å². The molecule has 0 aliphatic heterocycles. The first-order valence-corrected chi connectivity index (χ1v) is 10.2. The molecule has 0 bridgehead atoms. The number of amides is 1. The van der Waals surface area contributed by atoms with Gasteiger partial charge >= 0.3 is 11.9 Å². The Hall–Kier alpha value is -3.58. The summed E-state index contributed by atoms with van der Waals surface area (Å²) in [6, 6.07) is 16.7. The molecule has 1 amide bonds. The van der Waals surface area contributed by atoms with Gasteiger partial charge in [0.05, 0.1) is 30.2 Å². The van der Waals surface area contributed by atoms with Crippen LogP contribution in [0.25, 0.3) is 0 Å². The van der Waals surface area contributed by atoms with E-state index in [0.717, 1.165) is 5.56 Å².